The standard InChI is InChI=1S/C28H32N4O3/c1-19-6-5-7-23(30-19)16-21(18-29)9-13-26(33)31-24-12-11-22-10-8-20(14-15-28(2,3)35)17-25(22)32(4)27(24)34/h5-10,17-18,24,29,35H,11-13,16H2,1-4H3,(H,31,33)/b21-9-,29-18?/t24-/m0/s1. The number of aliphatic hydroxyl groups is 1. The highest BCUT2D eigenvalue weighted by Gasteiger charge is 2.29. The van der Waals surface area contributed by atoms with Crippen molar-refractivity contribution in [2.45, 2.75) is 58.1 Å². The third-order valence-corrected chi connectivity index (χ3v) is 5.69. The number of nitrogens with one attached hydrogen (secondary N) is 2. The van der Waals surface area contributed by atoms with Crippen LogP contribution in [0.4, 0.5) is 5.69 Å². The van der Waals surface area contributed by atoms with Crippen molar-refractivity contribution in [2.75, 3.05) is 11.9 Å². The molecule has 0 bridgehead atoms. The Morgan fingerprint density at radius 3 is 2.80 bits per heavy atom. The van der Waals surface area contributed by atoms with Crippen LogP contribution in [-0.4, -0.2) is 46.8 Å². The molecule has 1 aromatic carbocycles. The Morgan fingerprint density at radius 1 is 1.34 bits per heavy atom. The van der Waals surface area contributed by atoms with Gasteiger partial charge in [0.2, 0.25) is 11.8 Å². The number of hydrogen-bond acceptors (Lipinski definition) is 5. The first-order valence-electron chi connectivity index (χ1n) is 11.6. The number of hydrogen-bond donors (Lipinski definition) is 3. The number of rotatable bonds is 6. The van der Waals surface area contributed by atoms with E-state index in [0.717, 1.165) is 22.6 Å². The van der Waals surface area contributed by atoms with Crippen LogP contribution < -0.4 is 10.2 Å². The van der Waals surface area contributed by atoms with E-state index >= 15 is 0 Å². The molecular formula is C28H32N4O3. The monoisotopic (exact) mass is 472 g/mol. The van der Waals surface area contributed by atoms with Crippen LogP contribution in [0.2, 0.25) is 0 Å². The number of pyridine rings is 1. The zero-order valence-corrected chi connectivity index (χ0v) is 20.7. The van der Waals surface area contributed by atoms with E-state index < -0.39 is 11.6 Å². The van der Waals surface area contributed by atoms with Crippen molar-refractivity contribution in [2.24, 2.45) is 0 Å². The molecule has 0 spiro atoms. The molecule has 1 aromatic heterocycles. The lowest BCUT2D eigenvalue weighted by molar-refractivity contribution is -0.127. The van der Waals surface area contributed by atoms with Crippen molar-refractivity contribution in [3.63, 3.8) is 0 Å². The summed E-state index contributed by atoms with van der Waals surface area (Å²) in [6, 6.07) is 10.7. The molecule has 35 heavy (non-hydrogen) atoms. The van der Waals surface area contributed by atoms with E-state index in [1.807, 2.05) is 43.3 Å². The number of aryl methyl sites for hydroxylation is 2. The molecule has 0 saturated carbocycles. The number of carbonyl (C=O) groups excluding carboxylic acids is 2. The summed E-state index contributed by atoms with van der Waals surface area (Å²) < 4.78 is 0. The van der Waals surface area contributed by atoms with Gasteiger partial charge in [-0.05, 0) is 69.0 Å². The van der Waals surface area contributed by atoms with E-state index in [2.05, 4.69) is 22.1 Å². The number of anilines is 1. The molecule has 2 aromatic rings. The number of fused-ring (bicyclic) bond motifs is 1. The summed E-state index contributed by atoms with van der Waals surface area (Å²) >= 11 is 0. The molecule has 0 aliphatic carbocycles. The Bertz CT molecular complexity index is 1210. The van der Waals surface area contributed by atoms with E-state index in [-0.39, 0.29) is 18.2 Å². The minimum atomic E-state index is -1.10. The summed E-state index contributed by atoms with van der Waals surface area (Å²) in [5, 5.41) is 20.4. The highest BCUT2D eigenvalue weighted by molar-refractivity contribution is 6.00. The maximum Gasteiger partial charge on any atom is 0.249 e. The fourth-order valence-corrected chi connectivity index (χ4v) is 3.87. The van der Waals surface area contributed by atoms with Gasteiger partial charge in [-0.25, -0.2) is 0 Å². The normalized spacial score (nSPS) is 16.0. The molecule has 3 rings (SSSR count). The van der Waals surface area contributed by atoms with Gasteiger partial charge < -0.3 is 20.7 Å². The van der Waals surface area contributed by atoms with Crippen molar-refractivity contribution in [1.29, 1.82) is 5.41 Å². The maximum absolute atomic E-state index is 13.1. The van der Waals surface area contributed by atoms with Gasteiger partial charge in [0.05, 0.1) is 0 Å². The fraction of sp³-hybridized carbons (Fsp3) is 0.357. The lowest BCUT2D eigenvalue weighted by Crippen LogP contribution is -2.46. The van der Waals surface area contributed by atoms with E-state index in [1.54, 1.807) is 31.9 Å². The van der Waals surface area contributed by atoms with Gasteiger partial charge in [-0.3, -0.25) is 14.6 Å². The lowest BCUT2D eigenvalue weighted by Gasteiger charge is -2.22. The molecule has 0 radical (unpaired) electrons. The lowest BCUT2D eigenvalue weighted by atomic mass is 10.0. The number of benzene rings is 1. The Labute approximate surface area is 206 Å². The van der Waals surface area contributed by atoms with Gasteiger partial charge in [-0.1, -0.05) is 30.0 Å². The Kier molecular flexibility index (Phi) is 8.21. The van der Waals surface area contributed by atoms with E-state index in [0.29, 0.717) is 30.4 Å². The van der Waals surface area contributed by atoms with E-state index in [4.69, 9.17) is 5.41 Å². The number of amides is 2. The van der Waals surface area contributed by atoms with Gasteiger partial charge in [-0.2, -0.15) is 0 Å². The number of allylic oxidation sites excluding steroid dienone is 1. The number of nitrogens with zero attached hydrogens (tertiary/aromatic N) is 2. The molecule has 3 N–H and O–H groups in total. The van der Waals surface area contributed by atoms with Gasteiger partial charge in [0.1, 0.15) is 11.6 Å². The Morgan fingerprint density at radius 2 is 2.11 bits per heavy atom. The number of likely N-dealkylation sites (N-methyl/N-ethyl adjacent to an activating group) is 1. The summed E-state index contributed by atoms with van der Waals surface area (Å²) in [6.07, 6.45) is 4.61. The number of carbonyl (C=O) groups is 2. The average molecular weight is 473 g/mol. The molecule has 0 saturated heterocycles. The molecule has 1 atom stereocenters. The first-order valence-corrected chi connectivity index (χ1v) is 11.6. The second-order valence-corrected chi connectivity index (χ2v) is 9.28. The average Bonchev–Trinajstić information content (AvgIpc) is 2.92. The molecule has 0 unspecified atom stereocenters. The smallest absolute Gasteiger partial charge is 0.249 e. The molecule has 0 fully saturated rings. The molecule has 2 amide bonds. The van der Waals surface area contributed by atoms with Crippen molar-refractivity contribution in [3.8, 4) is 11.8 Å². The van der Waals surface area contributed by atoms with Gasteiger partial charge >= 0.3 is 0 Å². The minimum absolute atomic E-state index is 0.0770. The van der Waals surface area contributed by atoms with E-state index in [1.165, 1.54) is 6.21 Å². The third kappa shape index (κ3) is 7.36. The van der Waals surface area contributed by atoms with Gasteiger partial charge in [0, 0.05) is 48.7 Å². The van der Waals surface area contributed by atoms with Crippen LogP contribution in [0.25, 0.3) is 0 Å². The molecule has 1 aliphatic rings. The van der Waals surface area contributed by atoms with Crippen LogP contribution in [0.15, 0.2) is 48.0 Å². The van der Waals surface area contributed by atoms with Gasteiger partial charge in [0.15, 0.2) is 0 Å². The first-order chi connectivity index (χ1) is 16.6. The summed E-state index contributed by atoms with van der Waals surface area (Å²) in [4.78, 5) is 31.8. The van der Waals surface area contributed by atoms with Crippen molar-refractivity contribution < 1.29 is 14.7 Å². The highest BCUT2D eigenvalue weighted by atomic mass is 16.3. The van der Waals surface area contributed by atoms with Crippen molar-refractivity contribution in [1.82, 2.24) is 10.3 Å². The summed E-state index contributed by atoms with van der Waals surface area (Å²) in [7, 11) is 1.70. The van der Waals surface area contributed by atoms with Crippen LogP contribution in [0, 0.1) is 24.2 Å². The molecule has 7 nitrogen and oxygen atoms in total. The molecular weight excluding hydrogens is 440 g/mol. The molecule has 182 valence electrons. The van der Waals surface area contributed by atoms with Crippen LogP contribution in [-0.2, 0) is 22.4 Å². The fourth-order valence-electron chi connectivity index (χ4n) is 3.87. The van der Waals surface area contributed by atoms with E-state index in [9.17, 15) is 14.7 Å². The Balaban J connectivity index is 1.66. The zero-order valence-electron chi connectivity index (χ0n) is 20.7. The third-order valence-electron chi connectivity index (χ3n) is 5.69. The zero-order chi connectivity index (χ0) is 25.6. The molecule has 1 aliphatic heterocycles. The summed E-state index contributed by atoms with van der Waals surface area (Å²) in [6.45, 7) is 5.14. The molecule has 7 heteroatoms. The van der Waals surface area contributed by atoms with Crippen molar-refractivity contribution >= 4 is 23.7 Å². The minimum Gasteiger partial charge on any atom is -0.378 e. The van der Waals surface area contributed by atoms with Crippen LogP contribution >= 0.6 is 0 Å². The second-order valence-electron chi connectivity index (χ2n) is 9.28. The summed E-state index contributed by atoms with van der Waals surface area (Å²) in [5.41, 5.74) is 3.79. The molecule has 2 heterocycles. The SMILES string of the molecule is Cc1cccc(C/C(C=N)=C/CC(=O)N[C@H]2CCc3ccc(C#CC(C)(C)O)cc3N(C)C2=O)n1. The second kappa shape index (κ2) is 11.1. The van der Waals surface area contributed by atoms with Gasteiger partial charge in [0.25, 0.3) is 0 Å². The van der Waals surface area contributed by atoms with Crippen LogP contribution in [0.5, 0.6) is 0 Å². The summed E-state index contributed by atoms with van der Waals surface area (Å²) in [5.74, 6) is 5.28. The topological polar surface area (TPSA) is 106 Å². The predicted molar refractivity (Wildman–Crippen MR) is 137 cm³/mol. The predicted octanol–water partition coefficient (Wildman–Crippen LogP) is 3.11. The van der Waals surface area contributed by atoms with Crippen molar-refractivity contribution in [3.05, 3.63) is 70.6 Å². The quantitative estimate of drug-likeness (QED) is 0.444. The van der Waals surface area contributed by atoms with Crippen LogP contribution in [0.1, 0.15) is 49.2 Å². The maximum atomic E-state index is 13.1. The Hall–Kier alpha value is -3.76. The van der Waals surface area contributed by atoms with Crippen LogP contribution in [0.3, 0.4) is 0 Å². The van der Waals surface area contributed by atoms with Gasteiger partial charge in [-0.15, -0.1) is 0 Å². The number of aromatic nitrogens is 1. The first kappa shape index (κ1) is 25.9. The largest absolute Gasteiger partial charge is 0.378 e. The highest BCUT2D eigenvalue weighted by Crippen LogP contribution is 2.27.